The number of thiazole rings is 1. The van der Waals surface area contributed by atoms with E-state index in [-0.39, 0.29) is 49.9 Å². The van der Waals surface area contributed by atoms with Crippen LogP contribution in [-0.2, 0) is 25.7 Å². The van der Waals surface area contributed by atoms with Crippen LogP contribution in [0.5, 0.6) is 0 Å². The number of carbonyl (C=O) groups excluding carboxylic acids is 4. The molecule has 51 heavy (non-hydrogen) atoms. The number of hydrogen-bond donors (Lipinski definition) is 3. The van der Waals surface area contributed by atoms with Gasteiger partial charge in [0.2, 0.25) is 17.7 Å². The van der Waals surface area contributed by atoms with Crippen molar-refractivity contribution < 1.29 is 29.0 Å². The van der Waals surface area contributed by atoms with Crippen molar-refractivity contribution in [1.29, 1.82) is 0 Å². The quantitative estimate of drug-likeness (QED) is 0.337. The molecule has 0 bridgehead atoms. The fourth-order valence-corrected chi connectivity index (χ4v) is 7.73. The van der Waals surface area contributed by atoms with Crippen molar-refractivity contribution in [3.63, 3.8) is 0 Å². The molecule has 5 rings (SSSR count). The standard InChI is InChI=1S/C37H55N7O6S/c1-24-31(51-23-39-24)27-10-8-25(9-11-27)17-38-33(47)29-16-28(45)21-44(29)34(48)32(36(2,3)4)40-30(46)22-42-19-26(20-42)18-41-12-14-43(15-13-41)35(49)50-37(5,6)7/h8-11,23,26,28-29,32,45H,12-22H2,1-7H3,(H,38,47)(H,40,46)/t28-,29+,32-/m1/s1. The van der Waals surface area contributed by atoms with Gasteiger partial charge >= 0.3 is 6.09 Å². The average Bonchev–Trinajstić information content (AvgIpc) is 3.65. The van der Waals surface area contributed by atoms with E-state index in [1.54, 1.807) is 16.2 Å². The third-order valence-corrected chi connectivity index (χ3v) is 10.6. The molecule has 13 nitrogen and oxygen atoms in total. The van der Waals surface area contributed by atoms with Crippen LogP contribution in [0.15, 0.2) is 29.8 Å². The van der Waals surface area contributed by atoms with Gasteiger partial charge in [-0.2, -0.15) is 0 Å². The molecule has 4 heterocycles. The number of aliphatic hydroxyl groups excluding tert-OH is 1. The Hall–Kier alpha value is -3.59. The van der Waals surface area contributed by atoms with E-state index in [2.05, 4.69) is 25.4 Å². The van der Waals surface area contributed by atoms with Gasteiger partial charge < -0.3 is 30.3 Å². The number of ether oxygens (including phenoxy) is 1. The summed E-state index contributed by atoms with van der Waals surface area (Å²) < 4.78 is 5.50. The Kier molecular flexibility index (Phi) is 12.1. The number of aromatic nitrogens is 1. The lowest BCUT2D eigenvalue weighted by Gasteiger charge is -2.43. The largest absolute Gasteiger partial charge is 0.444 e. The van der Waals surface area contributed by atoms with Crippen molar-refractivity contribution in [3.05, 3.63) is 41.0 Å². The van der Waals surface area contributed by atoms with Crippen LogP contribution in [0.4, 0.5) is 4.79 Å². The normalized spacial score (nSPS) is 21.3. The smallest absolute Gasteiger partial charge is 0.410 e. The molecule has 3 atom stereocenters. The highest BCUT2D eigenvalue weighted by Crippen LogP contribution is 2.28. The van der Waals surface area contributed by atoms with Gasteiger partial charge in [0.25, 0.3) is 0 Å². The average molecular weight is 726 g/mol. The molecule has 4 amide bonds. The molecule has 14 heteroatoms. The summed E-state index contributed by atoms with van der Waals surface area (Å²) in [6.45, 7) is 19.0. The van der Waals surface area contributed by atoms with E-state index >= 15 is 0 Å². The predicted octanol–water partition coefficient (Wildman–Crippen LogP) is 2.71. The van der Waals surface area contributed by atoms with E-state index in [1.807, 2.05) is 78.2 Å². The highest BCUT2D eigenvalue weighted by Gasteiger charge is 2.45. The van der Waals surface area contributed by atoms with E-state index in [0.717, 1.165) is 54.4 Å². The maximum absolute atomic E-state index is 14.0. The number of aryl methyl sites for hydroxylation is 1. The summed E-state index contributed by atoms with van der Waals surface area (Å²) in [5.41, 5.74) is 3.64. The number of nitrogens with zero attached hydrogens (tertiary/aromatic N) is 5. The molecular formula is C37H55N7O6S. The van der Waals surface area contributed by atoms with Crippen molar-refractivity contribution in [3.8, 4) is 10.4 Å². The summed E-state index contributed by atoms with van der Waals surface area (Å²) in [6.07, 6.45) is -0.965. The van der Waals surface area contributed by atoms with Gasteiger partial charge in [0, 0.05) is 65.3 Å². The van der Waals surface area contributed by atoms with Crippen LogP contribution in [-0.4, -0.2) is 136 Å². The van der Waals surface area contributed by atoms with Crippen LogP contribution >= 0.6 is 11.3 Å². The number of carbonyl (C=O) groups is 4. The number of benzene rings is 1. The second kappa shape index (κ2) is 16.0. The van der Waals surface area contributed by atoms with Gasteiger partial charge in [0.1, 0.15) is 17.7 Å². The second-order valence-electron chi connectivity index (χ2n) is 16.3. The Morgan fingerprint density at radius 3 is 2.24 bits per heavy atom. The molecule has 0 unspecified atom stereocenters. The number of aliphatic hydroxyl groups is 1. The topological polar surface area (TPSA) is 148 Å². The number of hydrogen-bond acceptors (Lipinski definition) is 10. The number of amides is 4. The molecule has 3 fully saturated rings. The fraction of sp³-hybridized carbons (Fsp3) is 0.649. The molecule has 3 saturated heterocycles. The van der Waals surface area contributed by atoms with E-state index in [4.69, 9.17) is 4.74 Å². The summed E-state index contributed by atoms with van der Waals surface area (Å²) in [7, 11) is 0. The Morgan fingerprint density at radius 1 is 0.980 bits per heavy atom. The first-order chi connectivity index (χ1) is 24.0. The van der Waals surface area contributed by atoms with Gasteiger partial charge in [-0.1, -0.05) is 45.0 Å². The van der Waals surface area contributed by atoms with Gasteiger partial charge in [0.05, 0.1) is 28.7 Å². The predicted molar refractivity (Wildman–Crippen MR) is 196 cm³/mol. The fourth-order valence-electron chi connectivity index (χ4n) is 6.92. The molecule has 280 valence electrons. The van der Waals surface area contributed by atoms with Crippen LogP contribution in [0.1, 0.15) is 59.2 Å². The van der Waals surface area contributed by atoms with Crippen LogP contribution in [0, 0.1) is 18.3 Å². The minimum Gasteiger partial charge on any atom is -0.444 e. The maximum atomic E-state index is 14.0. The molecule has 2 aromatic rings. The molecule has 0 saturated carbocycles. The summed E-state index contributed by atoms with van der Waals surface area (Å²) in [4.78, 5) is 66.0. The van der Waals surface area contributed by atoms with Gasteiger partial charge in [-0.25, -0.2) is 9.78 Å². The van der Waals surface area contributed by atoms with Crippen LogP contribution in [0.2, 0.25) is 0 Å². The second-order valence-corrected chi connectivity index (χ2v) is 17.1. The number of β-amino-alcohol motifs (C(OH)–C–C–N with tert-alkyl or cyclic N) is 1. The Bertz CT molecular complexity index is 1540. The first kappa shape index (κ1) is 38.6. The van der Waals surface area contributed by atoms with E-state index in [9.17, 15) is 24.3 Å². The first-order valence-electron chi connectivity index (χ1n) is 17.9. The monoisotopic (exact) mass is 725 g/mol. The van der Waals surface area contributed by atoms with Crippen LogP contribution in [0.25, 0.3) is 10.4 Å². The van der Waals surface area contributed by atoms with E-state index in [1.165, 1.54) is 4.90 Å². The zero-order valence-electron chi connectivity index (χ0n) is 31.1. The summed E-state index contributed by atoms with van der Waals surface area (Å²) in [6, 6.07) is 6.22. The Morgan fingerprint density at radius 2 is 1.65 bits per heavy atom. The summed E-state index contributed by atoms with van der Waals surface area (Å²) in [5, 5.41) is 16.5. The molecule has 3 N–H and O–H groups in total. The molecule has 0 aliphatic carbocycles. The van der Waals surface area contributed by atoms with Crippen molar-refractivity contribution in [2.45, 2.75) is 85.2 Å². The van der Waals surface area contributed by atoms with Crippen molar-refractivity contribution >= 4 is 35.2 Å². The molecule has 3 aliphatic heterocycles. The van der Waals surface area contributed by atoms with Crippen molar-refractivity contribution in [2.75, 3.05) is 58.9 Å². The van der Waals surface area contributed by atoms with Gasteiger partial charge in [-0.15, -0.1) is 11.3 Å². The van der Waals surface area contributed by atoms with Crippen molar-refractivity contribution in [1.82, 2.24) is 35.2 Å². The van der Waals surface area contributed by atoms with Gasteiger partial charge in [-0.05, 0) is 50.2 Å². The van der Waals surface area contributed by atoms with Crippen LogP contribution < -0.4 is 10.6 Å². The molecular weight excluding hydrogens is 671 g/mol. The molecule has 1 aromatic carbocycles. The lowest BCUT2D eigenvalue weighted by atomic mass is 9.85. The molecule has 3 aliphatic rings. The molecule has 0 radical (unpaired) electrons. The minimum atomic E-state index is -0.869. The molecule has 1 aromatic heterocycles. The third-order valence-electron chi connectivity index (χ3n) is 9.65. The zero-order valence-corrected chi connectivity index (χ0v) is 31.9. The number of piperazine rings is 1. The lowest BCUT2D eigenvalue weighted by molar-refractivity contribution is -0.144. The SMILES string of the molecule is Cc1ncsc1-c1ccc(CNC(=O)[C@@H]2C[C@@H](O)CN2C(=O)[C@@H](NC(=O)CN2CC(CN3CCN(C(=O)OC(C)(C)C)CC3)C2)C(C)(C)C)cc1. The van der Waals surface area contributed by atoms with Crippen LogP contribution in [0.3, 0.4) is 0 Å². The third kappa shape index (κ3) is 10.3. The van der Waals surface area contributed by atoms with E-state index in [0.29, 0.717) is 19.0 Å². The Labute approximate surface area is 305 Å². The summed E-state index contributed by atoms with van der Waals surface area (Å²) >= 11 is 1.58. The number of rotatable bonds is 10. The van der Waals surface area contributed by atoms with Gasteiger partial charge in [-0.3, -0.25) is 24.2 Å². The maximum Gasteiger partial charge on any atom is 0.410 e. The number of nitrogens with one attached hydrogen (secondary N) is 2. The van der Waals surface area contributed by atoms with E-state index < -0.39 is 29.2 Å². The first-order valence-corrected chi connectivity index (χ1v) is 18.8. The summed E-state index contributed by atoms with van der Waals surface area (Å²) in [5.74, 6) is -0.523. The van der Waals surface area contributed by atoms with Gasteiger partial charge in [0.15, 0.2) is 0 Å². The highest BCUT2D eigenvalue weighted by atomic mass is 32.1. The zero-order chi connectivity index (χ0) is 37.1. The Balaban J connectivity index is 1.08. The lowest BCUT2D eigenvalue weighted by Crippen LogP contribution is -2.60. The minimum absolute atomic E-state index is 0.0299. The molecule has 0 spiro atoms. The number of likely N-dealkylation sites (tertiary alicyclic amines) is 2. The highest BCUT2D eigenvalue weighted by molar-refractivity contribution is 7.13. The van der Waals surface area contributed by atoms with Crippen molar-refractivity contribution in [2.24, 2.45) is 11.3 Å².